The fourth-order valence-corrected chi connectivity index (χ4v) is 2.86. The first-order chi connectivity index (χ1) is 9.11. The molecule has 5 heteroatoms. The number of thiazole rings is 1. The second-order valence-corrected chi connectivity index (χ2v) is 5.87. The summed E-state index contributed by atoms with van der Waals surface area (Å²) in [6.07, 6.45) is 2.89. The van der Waals surface area contributed by atoms with Gasteiger partial charge in [-0.1, -0.05) is 18.5 Å². The number of aromatic nitrogens is 1. The standard InChI is InChI=1S/C14H16ClFN2S/c1-3-6-17-9(2)13-8-18-14(19-13)11-5-4-10(15)7-12(11)16/h4-5,7-9,17H,3,6H2,1-2H3. The lowest BCUT2D eigenvalue weighted by Gasteiger charge is -2.09. The first-order valence-electron chi connectivity index (χ1n) is 6.26. The molecule has 2 nitrogen and oxygen atoms in total. The molecule has 102 valence electrons. The predicted octanol–water partition coefficient (Wildman–Crippen LogP) is 4.66. The minimum Gasteiger partial charge on any atom is -0.309 e. The molecule has 1 N–H and O–H groups in total. The highest BCUT2D eigenvalue weighted by Gasteiger charge is 2.13. The largest absolute Gasteiger partial charge is 0.309 e. The maximum Gasteiger partial charge on any atom is 0.134 e. The molecule has 1 unspecified atom stereocenters. The number of benzene rings is 1. The highest BCUT2D eigenvalue weighted by atomic mass is 35.5. The van der Waals surface area contributed by atoms with Gasteiger partial charge in [0.1, 0.15) is 10.8 Å². The van der Waals surface area contributed by atoms with Gasteiger partial charge < -0.3 is 5.32 Å². The van der Waals surface area contributed by atoms with Crippen molar-refractivity contribution in [3.05, 3.63) is 40.1 Å². The molecule has 0 radical (unpaired) electrons. The van der Waals surface area contributed by atoms with Crippen molar-refractivity contribution in [1.29, 1.82) is 0 Å². The third-order valence-electron chi connectivity index (χ3n) is 2.81. The van der Waals surface area contributed by atoms with Crippen LogP contribution < -0.4 is 5.32 Å². The highest BCUT2D eigenvalue weighted by molar-refractivity contribution is 7.15. The maximum atomic E-state index is 13.8. The van der Waals surface area contributed by atoms with Crippen molar-refractivity contribution in [2.24, 2.45) is 0 Å². The molecule has 0 aliphatic heterocycles. The van der Waals surface area contributed by atoms with Crippen LogP contribution in [-0.4, -0.2) is 11.5 Å². The Kier molecular flexibility index (Phi) is 4.91. The lowest BCUT2D eigenvalue weighted by molar-refractivity contribution is 0.577. The summed E-state index contributed by atoms with van der Waals surface area (Å²) in [7, 11) is 0. The summed E-state index contributed by atoms with van der Waals surface area (Å²) in [6, 6.07) is 4.91. The predicted molar refractivity (Wildman–Crippen MR) is 79.2 cm³/mol. The van der Waals surface area contributed by atoms with Crippen molar-refractivity contribution in [3.8, 4) is 10.6 Å². The maximum absolute atomic E-state index is 13.8. The summed E-state index contributed by atoms with van der Waals surface area (Å²) in [5, 5.41) is 4.48. The van der Waals surface area contributed by atoms with Gasteiger partial charge in [-0.05, 0) is 38.1 Å². The zero-order chi connectivity index (χ0) is 13.8. The van der Waals surface area contributed by atoms with E-state index in [0.717, 1.165) is 17.8 Å². The summed E-state index contributed by atoms with van der Waals surface area (Å²) in [5.41, 5.74) is 0.503. The van der Waals surface area contributed by atoms with Gasteiger partial charge in [0.05, 0.1) is 0 Å². The van der Waals surface area contributed by atoms with Crippen molar-refractivity contribution in [3.63, 3.8) is 0 Å². The quantitative estimate of drug-likeness (QED) is 0.868. The van der Waals surface area contributed by atoms with Gasteiger partial charge >= 0.3 is 0 Å². The van der Waals surface area contributed by atoms with Crippen LogP contribution in [0.1, 0.15) is 31.2 Å². The monoisotopic (exact) mass is 298 g/mol. The van der Waals surface area contributed by atoms with Gasteiger partial charge in [0.15, 0.2) is 0 Å². The van der Waals surface area contributed by atoms with E-state index in [2.05, 4.69) is 24.1 Å². The van der Waals surface area contributed by atoms with E-state index in [1.807, 2.05) is 0 Å². The van der Waals surface area contributed by atoms with Crippen molar-refractivity contribution in [2.45, 2.75) is 26.3 Å². The zero-order valence-corrected chi connectivity index (χ0v) is 12.5. The van der Waals surface area contributed by atoms with E-state index in [-0.39, 0.29) is 11.9 Å². The lowest BCUT2D eigenvalue weighted by atomic mass is 10.2. The van der Waals surface area contributed by atoms with Crippen LogP contribution in [0.25, 0.3) is 10.6 Å². The van der Waals surface area contributed by atoms with Crippen LogP contribution in [0.5, 0.6) is 0 Å². The Morgan fingerprint density at radius 1 is 1.47 bits per heavy atom. The molecule has 1 aromatic carbocycles. The van der Waals surface area contributed by atoms with E-state index in [9.17, 15) is 4.39 Å². The Balaban J connectivity index is 2.20. The SMILES string of the molecule is CCCNC(C)c1cnc(-c2ccc(Cl)cc2F)s1. The minimum absolute atomic E-state index is 0.238. The molecule has 0 spiro atoms. The normalized spacial score (nSPS) is 12.6. The van der Waals surface area contributed by atoms with E-state index in [0.29, 0.717) is 15.6 Å². The molecule has 0 fully saturated rings. The summed E-state index contributed by atoms with van der Waals surface area (Å²) in [6.45, 7) is 5.18. The van der Waals surface area contributed by atoms with Gasteiger partial charge in [0, 0.05) is 27.7 Å². The Labute approximate surface area is 121 Å². The third kappa shape index (κ3) is 3.53. The van der Waals surface area contributed by atoms with Crippen molar-refractivity contribution < 1.29 is 4.39 Å². The average Bonchev–Trinajstić information content (AvgIpc) is 2.85. The van der Waals surface area contributed by atoms with Gasteiger partial charge in [-0.15, -0.1) is 11.3 Å². The zero-order valence-electron chi connectivity index (χ0n) is 10.9. The molecule has 2 aromatic rings. The van der Waals surface area contributed by atoms with E-state index in [4.69, 9.17) is 11.6 Å². The number of halogens is 2. The molecule has 1 aromatic heterocycles. The Morgan fingerprint density at radius 2 is 2.26 bits per heavy atom. The van der Waals surface area contributed by atoms with E-state index in [1.165, 1.54) is 17.4 Å². The van der Waals surface area contributed by atoms with Gasteiger partial charge in [0.25, 0.3) is 0 Å². The summed E-state index contributed by atoms with van der Waals surface area (Å²) in [5.74, 6) is -0.331. The van der Waals surface area contributed by atoms with Crippen LogP contribution >= 0.6 is 22.9 Å². The summed E-state index contributed by atoms with van der Waals surface area (Å²) >= 11 is 7.26. The van der Waals surface area contributed by atoms with Crippen LogP contribution in [-0.2, 0) is 0 Å². The first-order valence-corrected chi connectivity index (χ1v) is 7.45. The molecule has 0 aliphatic carbocycles. The van der Waals surface area contributed by atoms with Gasteiger partial charge in [0.2, 0.25) is 0 Å². The fraction of sp³-hybridized carbons (Fsp3) is 0.357. The number of hydrogen-bond acceptors (Lipinski definition) is 3. The minimum atomic E-state index is -0.331. The smallest absolute Gasteiger partial charge is 0.134 e. The van der Waals surface area contributed by atoms with Crippen LogP contribution in [0.2, 0.25) is 5.02 Å². The number of rotatable bonds is 5. The molecule has 0 saturated carbocycles. The van der Waals surface area contributed by atoms with Crippen LogP contribution in [0, 0.1) is 5.82 Å². The van der Waals surface area contributed by atoms with E-state index >= 15 is 0 Å². The summed E-state index contributed by atoms with van der Waals surface area (Å²) in [4.78, 5) is 5.41. The topological polar surface area (TPSA) is 24.9 Å². The van der Waals surface area contributed by atoms with Crippen LogP contribution in [0.3, 0.4) is 0 Å². The molecule has 0 amide bonds. The van der Waals surface area contributed by atoms with Gasteiger partial charge in [-0.2, -0.15) is 0 Å². The van der Waals surface area contributed by atoms with Gasteiger partial charge in [-0.3, -0.25) is 0 Å². The second kappa shape index (κ2) is 6.46. The van der Waals surface area contributed by atoms with Gasteiger partial charge in [-0.25, -0.2) is 9.37 Å². The van der Waals surface area contributed by atoms with Crippen molar-refractivity contribution in [1.82, 2.24) is 10.3 Å². The van der Waals surface area contributed by atoms with E-state index in [1.54, 1.807) is 18.3 Å². The average molecular weight is 299 g/mol. The number of nitrogens with zero attached hydrogens (tertiary/aromatic N) is 1. The third-order valence-corrected chi connectivity index (χ3v) is 4.26. The van der Waals surface area contributed by atoms with Crippen LogP contribution in [0.4, 0.5) is 4.39 Å². The lowest BCUT2D eigenvalue weighted by Crippen LogP contribution is -2.18. The Morgan fingerprint density at radius 3 is 2.95 bits per heavy atom. The molecular weight excluding hydrogens is 283 g/mol. The fourth-order valence-electron chi connectivity index (χ4n) is 1.74. The molecule has 1 heterocycles. The Bertz CT molecular complexity index is 556. The molecule has 2 rings (SSSR count). The molecule has 0 bridgehead atoms. The second-order valence-electron chi connectivity index (χ2n) is 4.37. The number of nitrogens with one attached hydrogen (secondary N) is 1. The molecule has 0 aliphatic rings. The van der Waals surface area contributed by atoms with Crippen molar-refractivity contribution in [2.75, 3.05) is 6.54 Å². The van der Waals surface area contributed by atoms with E-state index < -0.39 is 0 Å². The molecule has 0 saturated heterocycles. The molecule has 1 atom stereocenters. The highest BCUT2D eigenvalue weighted by Crippen LogP contribution is 2.31. The first kappa shape index (κ1) is 14.4. The number of hydrogen-bond donors (Lipinski definition) is 1. The summed E-state index contributed by atoms with van der Waals surface area (Å²) < 4.78 is 13.8. The van der Waals surface area contributed by atoms with Crippen LogP contribution in [0.15, 0.2) is 24.4 Å². The molecular formula is C14H16ClFN2S. The molecule has 19 heavy (non-hydrogen) atoms. The van der Waals surface area contributed by atoms with Crippen molar-refractivity contribution >= 4 is 22.9 Å². The Hall–Kier alpha value is -0.970.